The van der Waals surface area contributed by atoms with Gasteiger partial charge in [0.1, 0.15) is 0 Å². The highest BCUT2D eigenvalue weighted by Gasteiger charge is 2.38. The number of rotatable bonds is 4. The molecule has 1 aromatic carbocycles. The van der Waals surface area contributed by atoms with Crippen LogP contribution in [-0.4, -0.2) is 36.1 Å². The molecular formula is C14H20N2O3. The smallest absolute Gasteiger partial charge is 0.224 e. The van der Waals surface area contributed by atoms with E-state index in [4.69, 9.17) is 10.5 Å². The molecule has 1 saturated heterocycles. The highest BCUT2D eigenvalue weighted by Crippen LogP contribution is 2.32. The lowest BCUT2D eigenvalue weighted by molar-refractivity contribution is -0.126. The van der Waals surface area contributed by atoms with Gasteiger partial charge in [-0.05, 0) is 37.6 Å². The third-order valence-corrected chi connectivity index (χ3v) is 3.80. The van der Waals surface area contributed by atoms with E-state index in [0.29, 0.717) is 12.3 Å². The number of methoxy groups -OCH3 is 1. The Morgan fingerprint density at radius 2 is 2.32 bits per heavy atom. The summed E-state index contributed by atoms with van der Waals surface area (Å²) in [6.07, 6.45) is 0.789. The molecule has 0 radical (unpaired) electrons. The van der Waals surface area contributed by atoms with E-state index in [2.05, 4.69) is 4.90 Å². The fraction of sp³-hybridized carbons (Fsp3) is 0.500. The molecule has 0 saturated carbocycles. The monoisotopic (exact) mass is 264 g/mol. The number of nitrogens with two attached hydrogens (primary N) is 1. The van der Waals surface area contributed by atoms with E-state index in [1.807, 2.05) is 19.1 Å². The molecule has 1 unspecified atom stereocenters. The largest absolute Gasteiger partial charge is 0.504 e. The normalized spacial score (nSPS) is 23.5. The molecule has 5 nitrogen and oxygen atoms in total. The molecule has 1 aliphatic heterocycles. The SMILES string of the molecule is COc1cc(CN2CCC(C)(C(N)=O)C2)ccc1O. The molecule has 0 aromatic heterocycles. The van der Waals surface area contributed by atoms with Crippen LogP contribution in [0.25, 0.3) is 0 Å². The van der Waals surface area contributed by atoms with Crippen LogP contribution in [0, 0.1) is 5.41 Å². The van der Waals surface area contributed by atoms with Crippen molar-refractivity contribution in [3.8, 4) is 11.5 Å². The van der Waals surface area contributed by atoms with Gasteiger partial charge in [0.25, 0.3) is 0 Å². The minimum atomic E-state index is -0.430. The lowest BCUT2D eigenvalue weighted by atomic mass is 9.89. The second kappa shape index (κ2) is 5.09. The zero-order chi connectivity index (χ0) is 14.0. The van der Waals surface area contributed by atoms with Gasteiger partial charge in [0.2, 0.25) is 5.91 Å². The van der Waals surface area contributed by atoms with Gasteiger partial charge in [-0.15, -0.1) is 0 Å². The Morgan fingerprint density at radius 1 is 1.58 bits per heavy atom. The van der Waals surface area contributed by atoms with Crippen LogP contribution in [0.5, 0.6) is 11.5 Å². The standard InChI is InChI=1S/C14H20N2O3/c1-14(13(15)18)5-6-16(9-14)8-10-3-4-11(17)12(7-10)19-2/h3-4,7,17H,5-6,8-9H2,1-2H3,(H2,15,18). The Bertz CT molecular complexity index is 490. The number of benzene rings is 1. The van der Waals surface area contributed by atoms with E-state index in [1.165, 1.54) is 7.11 Å². The Balaban J connectivity index is 2.05. The molecule has 2 rings (SSSR count). The summed E-state index contributed by atoms with van der Waals surface area (Å²) in [5, 5.41) is 9.55. The predicted octanol–water partition coefficient (Wildman–Crippen LogP) is 1.10. The predicted molar refractivity (Wildman–Crippen MR) is 71.9 cm³/mol. The molecule has 1 fully saturated rings. The molecule has 1 aromatic rings. The van der Waals surface area contributed by atoms with Crippen molar-refractivity contribution in [2.75, 3.05) is 20.2 Å². The molecule has 1 amide bonds. The van der Waals surface area contributed by atoms with E-state index in [1.54, 1.807) is 6.07 Å². The summed E-state index contributed by atoms with van der Waals surface area (Å²) in [6, 6.07) is 5.30. The van der Waals surface area contributed by atoms with Gasteiger partial charge in [0.05, 0.1) is 12.5 Å². The van der Waals surface area contributed by atoms with Crippen molar-refractivity contribution < 1.29 is 14.6 Å². The van der Waals surface area contributed by atoms with Crippen molar-refractivity contribution in [2.45, 2.75) is 19.9 Å². The summed E-state index contributed by atoms with van der Waals surface area (Å²) in [5.41, 5.74) is 6.05. The molecule has 0 aliphatic carbocycles. The first-order valence-corrected chi connectivity index (χ1v) is 6.33. The summed E-state index contributed by atoms with van der Waals surface area (Å²) in [6.45, 7) is 4.15. The maximum atomic E-state index is 11.4. The maximum Gasteiger partial charge on any atom is 0.224 e. The van der Waals surface area contributed by atoms with E-state index in [0.717, 1.165) is 25.1 Å². The van der Waals surface area contributed by atoms with Crippen LogP contribution < -0.4 is 10.5 Å². The van der Waals surface area contributed by atoms with Gasteiger partial charge in [0.15, 0.2) is 11.5 Å². The number of ether oxygens (including phenoxy) is 1. The maximum absolute atomic E-state index is 11.4. The van der Waals surface area contributed by atoms with Gasteiger partial charge in [-0.2, -0.15) is 0 Å². The lowest BCUT2D eigenvalue weighted by Crippen LogP contribution is -2.36. The molecule has 1 aliphatic rings. The highest BCUT2D eigenvalue weighted by molar-refractivity contribution is 5.81. The van der Waals surface area contributed by atoms with Crippen LogP contribution in [-0.2, 0) is 11.3 Å². The topological polar surface area (TPSA) is 75.8 Å². The number of nitrogens with zero attached hydrogens (tertiary/aromatic N) is 1. The minimum Gasteiger partial charge on any atom is -0.504 e. The van der Waals surface area contributed by atoms with Crippen molar-refractivity contribution in [3.63, 3.8) is 0 Å². The molecule has 3 N–H and O–H groups in total. The third-order valence-electron chi connectivity index (χ3n) is 3.80. The van der Waals surface area contributed by atoms with Crippen molar-refractivity contribution in [2.24, 2.45) is 11.1 Å². The van der Waals surface area contributed by atoms with Crippen molar-refractivity contribution in [1.29, 1.82) is 0 Å². The quantitative estimate of drug-likeness (QED) is 0.853. The number of carbonyl (C=O) groups is 1. The number of carbonyl (C=O) groups excluding carboxylic acids is 1. The van der Waals surface area contributed by atoms with Crippen LogP contribution in [0.2, 0.25) is 0 Å². The van der Waals surface area contributed by atoms with E-state index >= 15 is 0 Å². The zero-order valence-corrected chi connectivity index (χ0v) is 11.3. The average molecular weight is 264 g/mol. The molecule has 19 heavy (non-hydrogen) atoms. The second-order valence-corrected chi connectivity index (χ2v) is 5.39. The van der Waals surface area contributed by atoms with Crippen molar-refractivity contribution >= 4 is 5.91 Å². The van der Waals surface area contributed by atoms with E-state index in [9.17, 15) is 9.90 Å². The molecule has 1 heterocycles. The zero-order valence-electron chi connectivity index (χ0n) is 11.3. The fourth-order valence-corrected chi connectivity index (χ4v) is 2.47. The number of phenols is 1. The number of primary amides is 1. The molecule has 0 spiro atoms. The van der Waals surface area contributed by atoms with Crippen molar-refractivity contribution in [3.05, 3.63) is 23.8 Å². The Hall–Kier alpha value is -1.75. The average Bonchev–Trinajstić information content (AvgIpc) is 2.75. The van der Waals surface area contributed by atoms with Crippen LogP contribution in [0.15, 0.2) is 18.2 Å². The van der Waals surface area contributed by atoms with Gasteiger partial charge >= 0.3 is 0 Å². The summed E-state index contributed by atoms with van der Waals surface area (Å²) < 4.78 is 5.09. The first kappa shape index (κ1) is 13.7. The number of phenolic OH excluding ortho intramolecular Hbond substituents is 1. The first-order chi connectivity index (χ1) is 8.94. The number of hydrogen-bond acceptors (Lipinski definition) is 4. The van der Waals surface area contributed by atoms with Gasteiger partial charge < -0.3 is 15.6 Å². The van der Waals surface area contributed by atoms with Gasteiger partial charge in [-0.25, -0.2) is 0 Å². The fourth-order valence-electron chi connectivity index (χ4n) is 2.47. The number of aromatic hydroxyl groups is 1. The van der Waals surface area contributed by atoms with Crippen LogP contribution in [0.3, 0.4) is 0 Å². The summed E-state index contributed by atoms with van der Waals surface area (Å²) in [7, 11) is 1.53. The van der Waals surface area contributed by atoms with Crippen molar-refractivity contribution in [1.82, 2.24) is 4.90 Å². The van der Waals surface area contributed by atoms with Gasteiger partial charge in [-0.1, -0.05) is 6.07 Å². The lowest BCUT2D eigenvalue weighted by Gasteiger charge is -2.21. The van der Waals surface area contributed by atoms with Gasteiger partial charge in [0, 0.05) is 13.1 Å². The molecule has 104 valence electrons. The van der Waals surface area contributed by atoms with E-state index < -0.39 is 5.41 Å². The first-order valence-electron chi connectivity index (χ1n) is 6.33. The minimum absolute atomic E-state index is 0.134. The molecule has 5 heteroatoms. The molecular weight excluding hydrogens is 244 g/mol. The van der Waals surface area contributed by atoms with E-state index in [-0.39, 0.29) is 11.7 Å². The summed E-state index contributed by atoms with van der Waals surface area (Å²) in [4.78, 5) is 13.6. The van der Waals surface area contributed by atoms with Crippen LogP contribution in [0.1, 0.15) is 18.9 Å². The van der Waals surface area contributed by atoms with Crippen LogP contribution >= 0.6 is 0 Å². The Kier molecular flexibility index (Phi) is 3.66. The number of likely N-dealkylation sites (tertiary alicyclic amines) is 1. The highest BCUT2D eigenvalue weighted by atomic mass is 16.5. The number of hydrogen-bond donors (Lipinski definition) is 2. The summed E-state index contributed by atoms with van der Waals surface area (Å²) >= 11 is 0. The van der Waals surface area contributed by atoms with Crippen LogP contribution in [0.4, 0.5) is 0 Å². The second-order valence-electron chi connectivity index (χ2n) is 5.39. The van der Waals surface area contributed by atoms with Gasteiger partial charge in [-0.3, -0.25) is 9.69 Å². The Morgan fingerprint density at radius 3 is 2.89 bits per heavy atom. The summed E-state index contributed by atoms with van der Waals surface area (Å²) in [5.74, 6) is 0.363. The number of amides is 1. The third kappa shape index (κ3) is 2.81. The molecule has 0 bridgehead atoms. The Labute approximate surface area is 113 Å². The molecule has 1 atom stereocenters.